The Morgan fingerprint density at radius 1 is 1.10 bits per heavy atom. The number of benzene rings is 2. The maximum absolute atomic E-state index is 12.9. The molecule has 2 aromatic rings. The van der Waals surface area contributed by atoms with Crippen LogP contribution in [0.5, 0.6) is 0 Å². The molecular weight excluding hydrogens is 520 g/mol. The molecule has 1 saturated heterocycles. The van der Waals surface area contributed by atoms with E-state index in [0.717, 1.165) is 29.8 Å². The molecule has 0 aliphatic carbocycles. The monoisotopic (exact) mass is 548 g/mol. The van der Waals surface area contributed by atoms with E-state index >= 15 is 0 Å². The largest absolute Gasteiger partial charge is 0.416 e. The van der Waals surface area contributed by atoms with E-state index in [1.807, 2.05) is 24.3 Å². The average Bonchev–Trinajstić information content (AvgIpc) is 2.75. The fraction of sp³-hybridized carbons (Fsp3) is 0.409. The number of morpholine rings is 1. The van der Waals surface area contributed by atoms with Crippen molar-refractivity contribution in [1.29, 1.82) is 0 Å². The molecule has 0 saturated carbocycles. The maximum atomic E-state index is 12.9. The Morgan fingerprint density at radius 3 is 2.26 bits per heavy atom. The van der Waals surface area contributed by atoms with Crippen molar-refractivity contribution >= 4 is 35.6 Å². The molecule has 0 spiro atoms. The fourth-order valence-corrected chi connectivity index (χ4v) is 3.41. The third-order valence-corrected chi connectivity index (χ3v) is 5.18. The van der Waals surface area contributed by atoms with Crippen LogP contribution in [-0.2, 0) is 17.3 Å². The predicted octanol–water partition coefficient (Wildman–Crippen LogP) is 4.69. The molecule has 1 atom stereocenters. The smallest absolute Gasteiger partial charge is 0.379 e. The first-order chi connectivity index (χ1) is 14.4. The Kier molecular flexibility index (Phi) is 9.57. The van der Waals surface area contributed by atoms with Crippen LogP contribution in [0.2, 0.25) is 0 Å². The van der Waals surface area contributed by atoms with Gasteiger partial charge in [0, 0.05) is 18.8 Å². The summed E-state index contributed by atoms with van der Waals surface area (Å²) in [6.07, 6.45) is -3.40. The number of rotatable bonds is 6. The zero-order chi connectivity index (χ0) is 21.6. The number of hydrogen-bond acceptors (Lipinski definition) is 3. The Labute approximate surface area is 197 Å². The van der Waals surface area contributed by atoms with Crippen molar-refractivity contribution in [3.05, 3.63) is 65.2 Å². The number of halogens is 4. The second kappa shape index (κ2) is 11.7. The fourth-order valence-electron chi connectivity index (χ4n) is 3.41. The molecule has 9 heteroatoms. The molecule has 0 radical (unpaired) electrons. The summed E-state index contributed by atoms with van der Waals surface area (Å²) in [6, 6.07) is 13.0. The summed E-state index contributed by atoms with van der Waals surface area (Å²) in [6.45, 7) is 4.96. The van der Waals surface area contributed by atoms with Gasteiger partial charge in [-0.15, -0.1) is 24.0 Å². The van der Waals surface area contributed by atoms with Crippen LogP contribution in [-0.4, -0.2) is 43.7 Å². The SMILES string of the molecule is CCc1ccc(NC(N)=NCC(c2ccc(C(F)(F)F)cc2)N2CCOCC2)cc1.I. The molecule has 3 N–H and O–H groups in total. The van der Waals surface area contributed by atoms with E-state index in [-0.39, 0.29) is 36.0 Å². The van der Waals surface area contributed by atoms with Gasteiger partial charge in [0.25, 0.3) is 0 Å². The number of alkyl halides is 3. The van der Waals surface area contributed by atoms with Crippen molar-refractivity contribution in [1.82, 2.24) is 4.90 Å². The number of ether oxygens (including phenoxy) is 1. The molecular formula is C22H28F3IN4O. The van der Waals surface area contributed by atoms with Crippen LogP contribution in [0.4, 0.5) is 18.9 Å². The summed E-state index contributed by atoms with van der Waals surface area (Å²) < 4.78 is 44.1. The lowest BCUT2D eigenvalue weighted by Crippen LogP contribution is -2.40. The summed E-state index contributed by atoms with van der Waals surface area (Å²) >= 11 is 0. The zero-order valence-electron chi connectivity index (χ0n) is 17.4. The summed E-state index contributed by atoms with van der Waals surface area (Å²) in [5, 5.41) is 3.07. The second-order valence-electron chi connectivity index (χ2n) is 7.19. The molecule has 1 unspecified atom stereocenters. The van der Waals surface area contributed by atoms with Crippen LogP contribution < -0.4 is 11.1 Å². The van der Waals surface area contributed by atoms with Gasteiger partial charge in [-0.3, -0.25) is 9.89 Å². The molecule has 1 aliphatic rings. The highest BCUT2D eigenvalue weighted by atomic mass is 127. The second-order valence-corrected chi connectivity index (χ2v) is 7.19. The number of guanidine groups is 1. The van der Waals surface area contributed by atoms with Gasteiger partial charge < -0.3 is 15.8 Å². The summed E-state index contributed by atoms with van der Waals surface area (Å²) in [5.74, 6) is 0.268. The Bertz CT molecular complexity index is 835. The molecule has 5 nitrogen and oxygen atoms in total. The minimum atomic E-state index is -4.35. The van der Waals surface area contributed by atoms with E-state index in [9.17, 15) is 13.2 Å². The van der Waals surface area contributed by atoms with Crippen molar-refractivity contribution in [2.24, 2.45) is 10.7 Å². The number of hydrogen-bond donors (Lipinski definition) is 2. The topological polar surface area (TPSA) is 62.9 Å². The Hall–Kier alpha value is -1.85. The Morgan fingerprint density at radius 2 is 1.71 bits per heavy atom. The van der Waals surface area contributed by atoms with Gasteiger partial charge in [-0.2, -0.15) is 13.2 Å². The molecule has 170 valence electrons. The Balaban J connectivity index is 0.00000341. The van der Waals surface area contributed by atoms with Gasteiger partial charge in [-0.05, 0) is 41.8 Å². The number of nitrogens with one attached hydrogen (secondary N) is 1. The minimum absolute atomic E-state index is 0. The van der Waals surface area contributed by atoms with E-state index in [4.69, 9.17) is 10.5 Å². The summed E-state index contributed by atoms with van der Waals surface area (Å²) in [4.78, 5) is 6.63. The van der Waals surface area contributed by atoms with Crippen LogP contribution in [0, 0.1) is 0 Å². The number of nitrogens with zero attached hydrogens (tertiary/aromatic N) is 2. The van der Waals surface area contributed by atoms with Crippen LogP contribution in [0.1, 0.15) is 29.7 Å². The average molecular weight is 548 g/mol. The van der Waals surface area contributed by atoms with E-state index in [0.29, 0.717) is 32.8 Å². The van der Waals surface area contributed by atoms with Crippen molar-refractivity contribution in [2.45, 2.75) is 25.6 Å². The van der Waals surface area contributed by atoms with E-state index < -0.39 is 11.7 Å². The van der Waals surface area contributed by atoms with Gasteiger partial charge in [0.2, 0.25) is 0 Å². The highest BCUT2D eigenvalue weighted by Crippen LogP contribution is 2.31. The highest BCUT2D eigenvalue weighted by molar-refractivity contribution is 14.0. The van der Waals surface area contributed by atoms with E-state index in [1.54, 1.807) is 0 Å². The normalized spacial score (nSPS) is 16.5. The van der Waals surface area contributed by atoms with Crippen molar-refractivity contribution in [3.63, 3.8) is 0 Å². The lowest BCUT2D eigenvalue weighted by molar-refractivity contribution is -0.137. The van der Waals surface area contributed by atoms with Crippen molar-refractivity contribution in [3.8, 4) is 0 Å². The first kappa shape index (κ1) is 25.4. The van der Waals surface area contributed by atoms with Crippen LogP contribution in [0.25, 0.3) is 0 Å². The molecule has 0 aromatic heterocycles. The van der Waals surface area contributed by atoms with Gasteiger partial charge in [-0.25, -0.2) is 0 Å². The van der Waals surface area contributed by atoms with Crippen molar-refractivity contribution in [2.75, 3.05) is 38.2 Å². The summed E-state index contributed by atoms with van der Waals surface area (Å²) in [7, 11) is 0. The zero-order valence-corrected chi connectivity index (χ0v) is 19.7. The molecule has 0 bridgehead atoms. The number of aryl methyl sites for hydroxylation is 1. The predicted molar refractivity (Wildman–Crippen MR) is 128 cm³/mol. The lowest BCUT2D eigenvalue weighted by atomic mass is 10.0. The van der Waals surface area contributed by atoms with Gasteiger partial charge in [0.15, 0.2) is 5.96 Å². The molecule has 1 heterocycles. The van der Waals surface area contributed by atoms with Crippen LogP contribution in [0.3, 0.4) is 0 Å². The van der Waals surface area contributed by atoms with Crippen LogP contribution in [0.15, 0.2) is 53.5 Å². The molecule has 2 aromatic carbocycles. The van der Waals surface area contributed by atoms with Crippen LogP contribution >= 0.6 is 24.0 Å². The van der Waals surface area contributed by atoms with Gasteiger partial charge in [0.1, 0.15) is 0 Å². The van der Waals surface area contributed by atoms with E-state index in [2.05, 4.69) is 22.1 Å². The highest BCUT2D eigenvalue weighted by Gasteiger charge is 2.31. The quantitative estimate of drug-likeness (QED) is 0.313. The lowest BCUT2D eigenvalue weighted by Gasteiger charge is -2.34. The molecule has 1 fully saturated rings. The molecule has 3 rings (SSSR count). The minimum Gasteiger partial charge on any atom is -0.379 e. The summed E-state index contributed by atoms with van der Waals surface area (Å²) in [5.41, 5.74) is 8.24. The molecule has 0 amide bonds. The number of aliphatic imine (C=N–C) groups is 1. The standard InChI is InChI=1S/C22H27F3N4O.HI/c1-2-16-3-9-19(10-4-16)28-21(26)27-15-20(29-11-13-30-14-12-29)17-5-7-18(8-6-17)22(23,24)25;/h3-10,20H,2,11-15H2,1H3,(H3,26,27,28);1H. The first-order valence-electron chi connectivity index (χ1n) is 10.0. The molecule has 31 heavy (non-hydrogen) atoms. The number of nitrogens with two attached hydrogens (primary N) is 1. The van der Waals surface area contributed by atoms with Gasteiger partial charge >= 0.3 is 6.18 Å². The van der Waals surface area contributed by atoms with E-state index in [1.165, 1.54) is 17.7 Å². The third kappa shape index (κ3) is 7.36. The third-order valence-electron chi connectivity index (χ3n) is 5.18. The van der Waals surface area contributed by atoms with Gasteiger partial charge in [0.05, 0.1) is 31.4 Å². The number of anilines is 1. The first-order valence-corrected chi connectivity index (χ1v) is 10.0. The van der Waals surface area contributed by atoms with Gasteiger partial charge in [-0.1, -0.05) is 31.2 Å². The molecule has 1 aliphatic heterocycles. The maximum Gasteiger partial charge on any atom is 0.416 e. The van der Waals surface area contributed by atoms with Crippen molar-refractivity contribution < 1.29 is 17.9 Å².